The summed E-state index contributed by atoms with van der Waals surface area (Å²) in [5, 5.41) is 12.3. The van der Waals surface area contributed by atoms with E-state index in [4.69, 9.17) is 20.3 Å². The molecule has 1 aromatic carbocycles. The number of nitrogens with one attached hydrogen (secondary N) is 1. The Bertz CT molecular complexity index is 345. The zero-order valence-electron chi connectivity index (χ0n) is 10.3. The third kappa shape index (κ3) is 3.80. The van der Waals surface area contributed by atoms with Crippen molar-refractivity contribution in [2.24, 2.45) is 0 Å². The SMILES string of the molecule is CCOc1cccc(NC(CO)COC)c1N. The van der Waals surface area contributed by atoms with Crippen LogP contribution < -0.4 is 15.8 Å². The lowest BCUT2D eigenvalue weighted by atomic mass is 10.2. The monoisotopic (exact) mass is 240 g/mol. The number of benzene rings is 1. The zero-order chi connectivity index (χ0) is 12.7. The number of hydrogen-bond donors (Lipinski definition) is 3. The summed E-state index contributed by atoms with van der Waals surface area (Å²) in [5.74, 6) is 0.645. The number of nitrogens with two attached hydrogens (primary N) is 1. The zero-order valence-corrected chi connectivity index (χ0v) is 10.3. The Hall–Kier alpha value is -1.46. The van der Waals surface area contributed by atoms with E-state index >= 15 is 0 Å². The van der Waals surface area contributed by atoms with E-state index in [-0.39, 0.29) is 12.6 Å². The maximum atomic E-state index is 9.17. The Morgan fingerprint density at radius 2 is 2.24 bits per heavy atom. The van der Waals surface area contributed by atoms with Gasteiger partial charge in [-0.15, -0.1) is 0 Å². The summed E-state index contributed by atoms with van der Waals surface area (Å²) in [6, 6.07) is 5.33. The van der Waals surface area contributed by atoms with Crippen molar-refractivity contribution < 1.29 is 14.6 Å². The average molecular weight is 240 g/mol. The summed E-state index contributed by atoms with van der Waals surface area (Å²) in [5.41, 5.74) is 7.25. The minimum Gasteiger partial charge on any atom is -0.492 e. The molecule has 0 radical (unpaired) electrons. The fourth-order valence-electron chi connectivity index (χ4n) is 1.51. The van der Waals surface area contributed by atoms with Gasteiger partial charge >= 0.3 is 0 Å². The van der Waals surface area contributed by atoms with Crippen molar-refractivity contribution in [2.45, 2.75) is 13.0 Å². The minimum atomic E-state index is -0.181. The van der Waals surface area contributed by atoms with Crippen molar-refractivity contribution in [1.29, 1.82) is 0 Å². The molecule has 0 saturated heterocycles. The Balaban J connectivity index is 2.79. The van der Waals surface area contributed by atoms with Gasteiger partial charge in [0.25, 0.3) is 0 Å². The molecular formula is C12H20N2O3. The standard InChI is InChI=1S/C12H20N2O3/c1-3-17-11-6-4-5-10(12(11)13)14-9(7-15)8-16-2/h4-6,9,14-15H,3,7-8,13H2,1-2H3. The van der Waals surface area contributed by atoms with Crippen molar-refractivity contribution in [3.8, 4) is 5.75 Å². The van der Waals surface area contributed by atoms with Gasteiger partial charge in [-0.2, -0.15) is 0 Å². The molecule has 0 amide bonds. The first-order valence-corrected chi connectivity index (χ1v) is 5.60. The maximum absolute atomic E-state index is 9.17. The predicted molar refractivity (Wildman–Crippen MR) is 68.4 cm³/mol. The first-order valence-electron chi connectivity index (χ1n) is 5.60. The Morgan fingerprint density at radius 1 is 1.47 bits per heavy atom. The fourth-order valence-corrected chi connectivity index (χ4v) is 1.51. The van der Waals surface area contributed by atoms with E-state index in [0.29, 0.717) is 24.7 Å². The van der Waals surface area contributed by atoms with Crippen LogP contribution in [0.5, 0.6) is 5.75 Å². The van der Waals surface area contributed by atoms with Crippen LogP contribution in [0, 0.1) is 0 Å². The van der Waals surface area contributed by atoms with E-state index in [0.717, 1.165) is 5.69 Å². The molecule has 1 rings (SSSR count). The van der Waals surface area contributed by atoms with Crippen LogP contribution in [0.25, 0.3) is 0 Å². The third-order valence-corrected chi connectivity index (χ3v) is 2.31. The number of anilines is 2. The van der Waals surface area contributed by atoms with Gasteiger partial charge in [0.1, 0.15) is 5.75 Å². The van der Waals surface area contributed by atoms with Crippen LogP contribution in [0.2, 0.25) is 0 Å². The lowest BCUT2D eigenvalue weighted by molar-refractivity contribution is 0.153. The summed E-state index contributed by atoms with van der Waals surface area (Å²) >= 11 is 0. The average Bonchev–Trinajstić information content (AvgIpc) is 2.33. The van der Waals surface area contributed by atoms with E-state index in [9.17, 15) is 0 Å². The second kappa shape index (κ2) is 6.98. The van der Waals surface area contributed by atoms with Crippen molar-refractivity contribution in [1.82, 2.24) is 0 Å². The highest BCUT2D eigenvalue weighted by Crippen LogP contribution is 2.29. The molecule has 17 heavy (non-hydrogen) atoms. The van der Waals surface area contributed by atoms with Crippen LogP contribution in [-0.4, -0.2) is 38.1 Å². The normalized spacial score (nSPS) is 12.2. The van der Waals surface area contributed by atoms with Crippen LogP contribution in [0.4, 0.5) is 11.4 Å². The topological polar surface area (TPSA) is 76.7 Å². The quantitative estimate of drug-likeness (QED) is 0.622. The van der Waals surface area contributed by atoms with E-state index in [1.54, 1.807) is 7.11 Å². The highest BCUT2D eigenvalue weighted by molar-refractivity contribution is 5.73. The molecule has 4 N–H and O–H groups in total. The van der Waals surface area contributed by atoms with Crippen molar-refractivity contribution in [3.05, 3.63) is 18.2 Å². The van der Waals surface area contributed by atoms with Gasteiger partial charge in [-0.05, 0) is 19.1 Å². The van der Waals surface area contributed by atoms with Crippen LogP contribution in [0.1, 0.15) is 6.92 Å². The largest absolute Gasteiger partial charge is 0.492 e. The van der Waals surface area contributed by atoms with Crippen LogP contribution >= 0.6 is 0 Å². The van der Waals surface area contributed by atoms with Crippen molar-refractivity contribution in [3.63, 3.8) is 0 Å². The molecule has 0 aliphatic heterocycles. The van der Waals surface area contributed by atoms with Gasteiger partial charge in [0.15, 0.2) is 0 Å². The summed E-state index contributed by atoms with van der Waals surface area (Å²) < 4.78 is 10.4. The highest BCUT2D eigenvalue weighted by atomic mass is 16.5. The molecule has 0 fully saturated rings. The van der Waals surface area contributed by atoms with Gasteiger partial charge < -0.3 is 25.6 Å². The van der Waals surface area contributed by atoms with Crippen LogP contribution in [0.15, 0.2) is 18.2 Å². The van der Waals surface area contributed by atoms with Crippen molar-refractivity contribution in [2.75, 3.05) is 38.0 Å². The van der Waals surface area contributed by atoms with E-state index in [1.165, 1.54) is 0 Å². The minimum absolute atomic E-state index is 0.0217. The molecule has 1 atom stereocenters. The first kappa shape index (κ1) is 13.6. The summed E-state index contributed by atoms with van der Waals surface area (Å²) in [7, 11) is 1.59. The molecule has 0 saturated carbocycles. The number of methoxy groups -OCH3 is 1. The number of rotatable bonds is 7. The number of aliphatic hydroxyl groups excluding tert-OH is 1. The predicted octanol–water partition coefficient (Wildman–Crippen LogP) is 1.09. The number of nitrogen functional groups attached to an aromatic ring is 1. The molecular weight excluding hydrogens is 220 g/mol. The van der Waals surface area contributed by atoms with Gasteiger partial charge in [0, 0.05) is 7.11 Å². The molecule has 0 spiro atoms. The smallest absolute Gasteiger partial charge is 0.144 e. The van der Waals surface area contributed by atoms with Gasteiger partial charge in [0.2, 0.25) is 0 Å². The van der Waals surface area contributed by atoms with Crippen LogP contribution in [-0.2, 0) is 4.74 Å². The number of ether oxygens (including phenoxy) is 2. The number of hydrogen-bond acceptors (Lipinski definition) is 5. The second-order valence-electron chi connectivity index (χ2n) is 3.63. The maximum Gasteiger partial charge on any atom is 0.144 e. The number of para-hydroxylation sites is 1. The Labute approximate surface area is 102 Å². The van der Waals surface area contributed by atoms with E-state index in [2.05, 4.69) is 5.32 Å². The molecule has 0 bridgehead atoms. The molecule has 1 aromatic rings. The summed E-state index contributed by atoms with van der Waals surface area (Å²) in [6.07, 6.45) is 0. The van der Waals surface area contributed by atoms with E-state index < -0.39 is 0 Å². The van der Waals surface area contributed by atoms with Gasteiger partial charge in [-0.3, -0.25) is 0 Å². The molecule has 0 aliphatic carbocycles. The summed E-state index contributed by atoms with van der Waals surface area (Å²) in [4.78, 5) is 0. The molecule has 5 nitrogen and oxygen atoms in total. The van der Waals surface area contributed by atoms with Gasteiger partial charge in [-0.25, -0.2) is 0 Å². The number of aliphatic hydroxyl groups is 1. The third-order valence-electron chi connectivity index (χ3n) is 2.31. The molecule has 0 aromatic heterocycles. The lowest BCUT2D eigenvalue weighted by Gasteiger charge is -2.19. The Morgan fingerprint density at radius 3 is 2.82 bits per heavy atom. The van der Waals surface area contributed by atoms with Crippen LogP contribution in [0.3, 0.4) is 0 Å². The molecule has 0 heterocycles. The van der Waals surface area contributed by atoms with Gasteiger partial charge in [0.05, 0.1) is 37.2 Å². The Kier molecular flexibility index (Phi) is 5.59. The van der Waals surface area contributed by atoms with Gasteiger partial charge in [-0.1, -0.05) is 6.07 Å². The molecule has 1 unspecified atom stereocenters. The first-order chi connectivity index (χ1) is 8.22. The lowest BCUT2D eigenvalue weighted by Crippen LogP contribution is -2.29. The highest BCUT2D eigenvalue weighted by Gasteiger charge is 2.11. The second-order valence-corrected chi connectivity index (χ2v) is 3.63. The van der Waals surface area contributed by atoms with E-state index in [1.807, 2.05) is 25.1 Å². The summed E-state index contributed by atoms with van der Waals surface area (Å²) in [6.45, 7) is 2.86. The van der Waals surface area contributed by atoms with Crippen molar-refractivity contribution >= 4 is 11.4 Å². The molecule has 5 heteroatoms. The molecule has 96 valence electrons. The molecule has 0 aliphatic rings. The fraction of sp³-hybridized carbons (Fsp3) is 0.500.